The van der Waals surface area contributed by atoms with E-state index in [1.807, 2.05) is 0 Å². The summed E-state index contributed by atoms with van der Waals surface area (Å²) in [6, 6.07) is 7.57. The molecule has 0 unspecified atom stereocenters. The third kappa shape index (κ3) is 3.65. The van der Waals surface area contributed by atoms with E-state index in [0.717, 1.165) is 17.0 Å². The summed E-state index contributed by atoms with van der Waals surface area (Å²) in [5.74, 6) is -2.29. The Bertz CT molecular complexity index is 1020. The number of carbonyl (C=O) groups is 2. The lowest BCUT2D eigenvalue weighted by Gasteiger charge is -2.19. The van der Waals surface area contributed by atoms with Gasteiger partial charge in [-0.3, -0.25) is 14.5 Å². The van der Waals surface area contributed by atoms with Crippen LogP contribution in [0.25, 0.3) is 5.57 Å². The van der Waals surface area contributed by atoms with Crippen LogP contribution in [0.1, 0.15) is 19.4 Å². The first-order valence-electron chi connectivity index (χ1n) is 8.85. The zero-order valence-corrected chi connectivity index (χ0v) is 16.4. The number of benzene rings is 2. The molecule has 0 fully saturated rings. The van der Waals surface area contributed by atoms with Crippen molar-refractivity contribution in [2.24, 2.45) is 0 Å². The van der Waals surface area contributed by atoms with Gasteiger partial charge in [-0.25, -0.2) is 8.78 Å². The van der Waals surface area contributed by atoms with Crippen molar-refractivity contribution in [2.45, 2.75) is 19.9 Å². The number of hydrogen-bond acceptors (Lipinski definition) is 5. The zero-order chi connectivity index (χ0) is 21.3. The van der Waals surface area contributed by atoms with E-state index >= 15 is 0 Å². The molecule has 0 aliphatic carbocycles. The Morgan fingerprint density at radius 3 is 2.17 bits per heavy atom. The number of halogens is 2. The van der Waals surface area contributed by atoms with Crippen molar-refractivity contribution in [1.82, 2.24) is 4.90 Å². The minimum atomic E-state index is -1.07. The number of hydrogen-bond donors (Lipinski definition) is 1. The minimum absolute atomic E-state index is 0.0260. The van der Waals surface area contributed by atoms with Gasteiger partial charge in [0, 0.05) is 17.8 Å². The summed E-state index contributed by atoms with van der Waals surface area (Å²) in [6.07, 6.45) is 0. The molecular formula is C21H20F2N2O4. The topological polar surface area (TPSA) is 67.9 Å². The second-order valence-electron chi connectivity index (χ2n) is 6.65. The van der Waals surface area contributed by atoms with Crippen LogP contribution in [-0.2, 0) is 9.59 Å². The van der Waals surface area contributed by atoms with Gasteiger partial charge >= 0.3 is 0 Å². The van der Waals surface area contributed by atoms with E-state index in [0.29, 0.717) is 17.1 Å². The van der Waals surface area contributed by atoms with Crippen molar-refractivity contribution < 1.29 is 27.8 Å². The van der Waals surface area contributed by atoms with Crippen molar-refractivity contribution in [2.75, 3.05) is 19.5 Å². The molecule has 0 radical (unpaired) electrons. The highest BCUT2D eigenvalue weighted by Gasteiger charge is 2.40. The second-order valence-corrected chi connectivity index (χ2v) is 6.65. The molecule has 2 amide bonds. The van der Waals surface area contributed by atoms with Crippen LogP contribution in [-0.4, -0.2) is 37.0 Å². The molecule has 3 rings (SSSR count). The maximum Gasteiger partial charge on any atom is 0.278 e. The fourth-order valence-electron chi connectivity index (χ4n) is 3.11. The van der Waals surface area contributed by atoms with E-state index in [2.05, 4.69) is 5.32 Å². The van der Waals surface area contributed by atoms with Crippen LogP contribution in [0.2, 0.25) is 0 Å². The molecule has 0 saturated carbocycles. The molecule has 0 atom stereocenters. The van der Waals surface area contributed by atoms with E-state index in [1.54, 1.807) is 32.0 Å². The Kier molecular flexibility index (Phi) is 5.54. The predicted molar refractivity (Wildman–Crippen MR) is 103 cm³/mol. The number of anilines is 1. The summed E-state index contributed by atoms with van der Waals surface area (Å²) >= 11 is 0. The average molecular weight is 402 g/mol. The molecule has 1 aliphatic rings. The first-order chi connectivity index (χ1) is 13.8. The monoisotopic (exact) mass is 402 g/mol. The third-order valence-electron chi connectivity index (χ3n) is 4.49. The highest BCUT2D eigenvalue weighted by atomic mass is 19.2. The summed E-state index contributed by atoms with van der Waals surface area (Å²) in [5.41, 5.74) is 0.647. The first-order valence-corrected chi connectivity index (χ1v) is 8.85. The van der Waals surface area contributed by atoms with Gasteiger partial charge < -0.3 is 14.8 Å². The predicted octanol–water partition coefficient (Wildman–Crippen LogP) is 3.58. The quantitative estimate of drug-likeness (QED) is 0.748. The summed E-state index contributed by atoms with van der Waals surface area (Å²) < 4.78 is 37.4. The number of nitrogens with one attached hydrogen (secondary N) is 1. The normalized spacial score (nSPS) is 14.1. The van der Waals surface area contributed by atoms with E-state index in [-0.39, 0.29) is 17.0 Å². The number of imide groups is 1. The number of rotatable bonds is 6. The van der Waals surface area contributed by atoms with E-state index < -0.39 is 29.5 Å². The highest BCUT2D eigenvalue weighted by Crippen LogP contribution is 2.36. The van der Waals surface area contributed by atoms with Crippen LogP contribution in [0, 0.1) is 11.6 Å². The average Bonchev–Trinajstić information content (AvgIpc) is 2.93. The third-order valence-corrected chi connectivity index (χ3v) is 4.49. The maximum absolute atomic E-state index is 13.6. The Labute approximate surface area is 166 Å². The van der Waals surface area contributed by atoms with Gasteiger partial charge in [0.15, 0.2) is 23.1 Å². The fraction of sp³-hybridized carbons (Fsp3) is 0.238. The van der Waals surface area contributed by atoms with Crippen LogP contribution in [0.15, 0.2) is 42.1 Å². The lowest BCUT2D eigenvalue weighted by atomic mass is 10.0. The van der Waals surface area contributed by atoms with Crippen LogP contribution in [0.5, 0.6) is 11.5 Å². The molecule has 0 saturated heterocycles. The summed E-state index contributed by atoms with van der Waals surface area (Å²) in [5, 5.41) is 2.78. The molecule has 1 N–H and O–H groups in total. The molecule has 2 aromatic rings. The van der Waals surface area contributed by atoms with Crippen molar-refractivity contribution in [3.8, 4) is 11.5 Å². The summed E-state index contributed by atoms with van der Waals surface area (Å²) in [4.78, 5) is 27.1. The smallest absolute Gasteiger partial charge is 0.278 e. The number of nitrogens with zero attached hydrogens (tertiary/aromatic N) is 1. The SMILES string of the molecule is COc1ccc(C2=C(Nc3ccc(F)c(F)c3)C(=O)N(C(C)C)C2=O)cc1OC. The molecule has 152 valence electrons. The second kappa shape index (κ2) is 7.90. The lowest BCUT2D eigenvalue weighted by Crippen LogP contribution is -2.38. The summed E-state index contributed by atoms with van der Waals surface area (Å²) in [7, 11) is 2.94. The molecule has 0 bridgehead atoms. The van der Waals surface area contributed by atoms with Gasteiger partial charge in [0.05, 0.1) is 19.8 Å². The molecule has 0 spiro atoms. The Morgan fingerprint density at radius 2 is 1.59 bits per heavy atom. The number of ether oxygens (including phenoxy) is 2. The Morgan fingerprint density at radius 1 is 0.897 bits per heavy atom. The van der Waals surface area contributed by atoms with Crippen molar-refractivity contribution in [3.63, 3.8) is 0 Å². The van der Waals surface area contributed by atoms with Crippen LogP contribution >= 0.6 is 0 Å². The maximum atomic E-state index is 13.6. The van der Waals surface area contributed by atoms with Gasteiger partial charge in [-0.2, -0.15) is 0 Å². The van der Waals surface area contributed by atoms with Crippen LogP contribution < -0.4 is 14.8 Å². The number of amides is 2. The van der Waals surface area contributed by atoms with Gasteiger partial charge in [-0.15, -0.1) is 0 Å². The number of methoxy groups -OCH3 is 2. The van der Waals surface area contributed by atoms with Gasteiger partial charge in [0.25, 0.3) is 11.8 Å². The summed E-state index contributed by atoms with van der Waals surface area (Å²) in [6.45, 7) is 3.42. The first kappa shape index (κ1) is 20.3. The van der Waals surface area contributed by atoms with Gasteiger partial charge in [-0.05, 0) is 43.7 Å². The highest BCUT2D eigenvalue weighted by molar-refractivity contribution is 6.36. The molecule has 8 heteroatoms. The molecule has 0 aromatic heterocycles. The molecule has 29 heavy (non-hydrogen) atoms. The van der Waals surface area contributed by atoms with Crippen molar-refractivity contribution in [3.05, 3.63) is 59.3 Å². The fourth-order valence-corrected chi connectivity index (χ4v) is 3.11. The molecule has 2 aromatic carbocycles. The van der Waals surface area contributed by atoms with E-state index in [9.17, 15) is 18.4 Å². The minimum Gasteiger partial charge on any atom is -0.493 e. The van der Waals surface area contributed by atoms with Gasteiger partial charge in [0.2, 0.25) is 0 Å². The van der Waals surface area contributed by atoms with E-state index in [1.165, 1.54) is 20.3 Å². The van der Waals surface area contributed by atoms with Crippen molar-refractivity contribution in [1.29, 1.82) is 0 Å². The Hall–Kier alpha value is -3.42. The van der Waals surface area contributed by atoms with Crippen molar-refractivity contribution >= 4 is 23.1 Å². The van der Waals surface area contributed by atoms with Crippen LogP contribution in [0.3, 0.4) is 0 Å². The number of carbonyl (C=O) groups excluding carboxylic acids is 2. The molecule has 1 heterocycles. The van der Waals surface area contributed by atoms with Gasteiger partial charge in [0.1, 0.15) is 5.70 Å². The lowest BCUT2D eigenvalue weighted by molar-refractivity contribution is -0.138. The molecule has 6 nitrogen and oxygen atoms in total. The van der Waals surface area contributed by atoms with Crippen LogP contribution in [0.4, 0.5) is 14.5 Å². The van der Waals surface area contributed by atoms with Gasteiger partial charge in [-0.1, -0.05) is 6.07 Å². The standard InChI is InChI=1S/C21H20F2N2O4/c1-11(2)25-20(26)18(12-5-8-16(28-3)17(9-12)29-4)19(21(25)27)24-13-6-7-14(22)15(23)10-13/h5-11,24H,1-4H3. The Balaban J connectivity index is 2.14. The molecule has 1 aliphatic heterocycles. The largest absolute Gasteiger partial charge is 0.493 e. The van der Waals surface area contributed by atoms with E-state index in [4.69, 9.17) is 9.47 Å². The zero-order valence-electron chi connectivity index (χ0n) is 16.4. The molecular weight excluding hydrogens is 382 g/mol.